The van der Waals surface area contributed by atoms with E-state index in [4.69, 9.17) is 9.84 Å². The minimum atomic E-state index is -0.746. The number of carboxylic acids is 1. The molecule has 1 atom stereocenters. The summed E-state index contributed by atoms with van der Waals surface area (Å²) in [6.45, 7) is 0.770. The number of aryl methyl sites for hydroxylation is 1. The van der Waals surface area contributed by atoms with Crippen molar-refractivity contribution in [2.24, 2.45) is 0 Å². The van der Waals surface area contributed by atoms with E-state index in [9.17, 15) is 4.79 Å². The van der Waals surface area contributed by atoms with Crippen molar-refractivity contribution in [2.45, 2.75) is 44.6 Å². The molecule has 0 aromatic carbocycles. The van der Waals surface area contributed by atoms with Crippen LogP contribution in [-0.4, -0.2) is 37.5 Å². The van der Waals surface area contributed by atoms with Gasteiger partial charge >= 0.3 is 5.97 Å². The standard InChI is InChI=1S/C12H16N4O3S/c17-10(18)6-2-1-5-9-15-16-11(8-4-3-7-19-8)13-14-12(16)20-9/h8H,1-7H2,(H,17,18). The third kappa shape index (κ3) is 2.80. The van der Waals surface area contributed by atoms with Gasteiger partial charge in [-0.1, -0.05) is 11.3 Å². The molecule has 3 rings (SSSR count). The molecule has 0 amide bonds. The Hall–Kier alpha value is -1.54. The van der Waals surface area contributed by atoms with Crippen LogP contribution in [0.25, 0.3) is 4.96 Å². The van der Waals surface area contributed by atoms with Crippen LogP contribution in [0.4, 0.5) is 0 Å². The Morgan fingerprint density at radius 2 is 2.35 bits per heavy atom. The third-order valence-corrected chi connectivity index (χ3v) is 4.26. The summed E-state index contributed by atoms with van der Waals surface area (Å²) in [5.41, 5.74) is 0. The van der Waals surface area contributed by atoms with Crippen molar-refractivity contribution in [3.05, 3.63) is 10.8 Å². The zero-order valence-electron chi connectivity index (χ0n) is 11.0. The Balaban J connectivity index is 1.66. The van der Waals surface area contributed by atoms with Gasteiger partial charge in [-0.05, 0) is 25.7 Å². The Morgan fingerprint density at radius 1 is 1.45 bits per heavy atom. The molecule has 7 nitrogen and oxygen atoms in total. The zero-order chi connectivity index (χ0) is 13.9. The number of aliphatic carboxylic acids is 1. The molecule has 0 spiro atoms. The number of hydrogen-bond donors (Lipinski definition) is 1. The van der Waals surface area contributed by atoms with Crippen molar-refractivity contribution < 1.29 is 14.6 Å². The highest BCUT2D eigenvalue weighted by atomic mass is 32.1. The van der Waals surface area contributed by atoms with Gasteiger partial charge in [0.05, 0.1) is 0 Å². The smallest absolute Gasteiger partial charge is 0.303 e. The predicted molar refractivity (Wildman–Crippen MR) is 71.8 cm³/mol. The average molecular weight is 296 g/mol. The van der Waals surface area contributed by atoms with Gasteiger partial charge in [-0.15, -0.1) is 10.2 Å². The van der Waals surface area contributed by atoms with Gasteiger partial charge in [0.25, 0.3) is 0 Å². The predicted octanol–water partition coefficient (Wildman–Crippen LogP) is 1.83. The monoisotopic (exact) mass is 296 g/mol. The Bertz CT molecular complexity index is 603. The van der Waals surface area contributed by atoms with E-state index in [1.54, 1.807) is 4.52 Å². The summed E-state index contributed by atoms with van der Waals surface area (Å²) in [6, 6.07) is 0. The highest BCUT2D eigenvalue weighted by molar-refractivity contribution is 7.16. The number of carboxylic acid groups (broad SMARTS) is 1. The fraction of sp³-hybridized carbons (Fsp3) is 0.667. The van der Waals surface area contributed by atoms with Crippen LogP contribution in [-0.2, 0) is 16.0 Å². The van der Waals surface area contributed by atoms with Gasteiger partial charge in [-0.3, -0.25) is 4.79 Å². The number of hydrogen-bond acceptors (Lipinski definition) is 6. The SMILES string of the molecule is O=C(O)CCCCc1nn2c(C3CCCO3)nnc2s1. The molecular formula is C12H16N4O3S. The van der Waals surface area contributed by atoms with E-state index in [0.29, 0.717) is 6.42 Å². The first-order chi connectivity index (χ1) is 9.74. The lowest BCUT2D eigenvalue weighted by Gasteiger charge is -2.04. The number of ether oxygens (including phenoxy) is 1. The molecule has 1 N–H and O–H groups in total. The van der Waals surface area contributed by atoms with Crippen molar-refractivity contribution in [2.75, 3.05) is 6.61 Å². The van der Waals surface area contributed by atoms with Crippen LogP contribution in [0.1, 0.15) is 49.0 Å². The van der Waals surface area contributed by atoms with Crippen LogP contribution in [0.5, 0.6) is 0 Å². The Morgan fingerprint density at radius 3 is 3.10 bits per heavy atom. The number of carbonyl (C=O) groups is 1. The van der Waals surface area contributed by atoms with Crippen molar-refractivity contribution in [1.29, 1.82) is 0 Å². The van der Waals surface area contributed by atoms with Crippen molar-refractivity contribution >= 4 is 22.3 Å². The number of rotatable bonds is 6. The second-order valence-corrected chi connectivity index (χ2v) is 5.89. The molecule has 0 aliphatic carbocycles. The highest BCUT2D eigenvalue weighted by Gasteiger charge is 2.24. The molecule has 3 heterocycles. The van der Waals surface area contributed by atoms with Crippen LogP contribution < -0.4 is 0 Å². The number of fused-ring (bicyclic) bond motifs is 1. The first kappa shape index (κ1) is 13.4. The topological polar surface area (TPSA) is 89.6 Å². The molecule has 108 valence electrons. The van der Waals surface area contributed by atoms with Gasteiger partial charge in [0.2, 0.25) is 4.96 Å². The van der Waals surface area contributed by atoms with Crippen molar-refractivity contribution in [3.63, 3.8) is 0 Å². The van der Waals surface area contributed by atoms with Crippen molar-refractivity contribution in [1.82, 2.24) is 19.8 Å². The maximum atomic E-state index is 10.5. The van der Waals surface area contributed by atoms with Crippen molar-refractivity contribution in [3.8, 4) is 0 Å². The van der Waals surface area contributed by atoms with Gasteiger partial charge < -0.3 is 9.84 Å². The molecule has 0 bridgehead atoms. The first-order valence-electron chi connectivity index (χ1n) is 6.78. The van der Waals surface area contributed by atoms with E-state index in [-0.39, 0.29) is 12.5 Å². The molecule has 2 aromatic rings. The van der Waals surface area contributed by atoms with Gasteiger partial charge in [0.1, 0.15) is 11.1 Å². The molecule has 0 radical (unpaired) electrons. The quantitative estimate of drug-likeness (QED) is 0.818. The van der Waals surface area contributed by atoms with E-state index in [1.165, 1.54) is 11.3 Å². The highest BCUT2D eigenvalue weighted by Crippen LogP contribution is 2.28. The largest absolute Gasteiger partial charge is 0.481 e. The minimum absolute atomic E-state index is 0.00644. The lowest BCUT2D eigenvalue weighted by Crippen LogP contribution is -2.04. The fourth-order valence-corrected chi connectivity index (χ4v) is 3.19. The number of nitrogens with zero attached hydrogens (tertiary/aromatic N) is 4. The van der Waals surface area contributed by atoms with E-state index in [1.807, 2.05) is 0 Å². The summed E-state index contributed by atoms with van der Waals surface area (Å²) >= 11 is 1.51. The van der Waals surface area contributed by atoms with Gasteiger partial charge in [0, 0.05) is 19.4 Å². The minimum Gasteiger partial charge on any atom is -0.481 e. The average Bonchev–Trinajstić information content (AvgIpc) is 3.09. The molecular weight excluding hydrogens is 280 g/mol. The fourth-order valence-electron chi connectivity index (χ4n) is 2.31. The van der Waals surface area contributed by atoms with Crippen LogP contribution in [0, 0.1) is 0 Å². The molecule has 1 aliphatic rings. The lowest BCUT2D eigenvalue weighted by molar-refractivity contribution is -0.137. The second kappa shape index (κ2) is 5.84. The summed E-state index contributed by atoms with van der Waals surface area (Å²) < 4.78 is 7.39. The van der Waals surface area contributed by atoms with Crippen LogP contribution in [0.15, 0.2) is 0 Å². The number of aromatic nitrogens is 4. The maximum Gasteiger partial charge on any atom is 0.303 e. The van der Waals surface area contributed by atoms with Crippen LogP contribution >= 0.6 is 11.3 Å². The summed E-state index contributed by atoms with van der Waals surface area (Å²) in [6.07, 6.45) is 4.52. The number of unbranched alkanes of at least 4 members (excludes halogenated alkanes) is 1. The summed E-state index contributed by atoms with van der Waals surface area (Å²) in [5, 5.41) is 22.4. The van der Waals surface area contributed by atoms with Gasteiger partial charge in [-0.2, -0.15) is 9.61 Å². The summed E-state index contributed by atoms with van der Waals surface area (Å²) in [4.78, 5) is 11.2. The molecule has 1 saturated heterocycles. The molecule has 0 saturated carbocycles. The summed E-state index contributed by atoms with van der Waals surface area (Å²) in [7, 11) is 0. The first-order valence-corrected chi connectivity index (χ1v) is 7.60. The molecule has 20 heavy (non-hydrogen) atoms. The van der Waals surface area contributed by atoms with E-state index >= 15 is 0 Å². The van der Waals surface area contributed by atoms with Gasteiger partial charge in [-0.25, -0.2) is 0 Å². The zero-order valence-corrected chi connectivity index (χ0v) is 11.8. The summed E-state index contributed by atoms with van der Waals surface area (Å²) in [5.74, 6) is 0.0364. The third-order valence-electron chi connectivity index (χ3n) is 3.31. The van der Waals surface area contributed by atoms with Crippen LogP contribution in [0.3, 0.4) is 0 Å². The van der Waals surface area contributed by atoms with Gasteiger partial charge in [0.15, 0.2) is 5.82 Å². The molecule has 1 fully saturated rings. The Labute approximate surface area is 119 Å². The lowest BCUT2D eigenvalue weighted by atomic mass is 10.2. The second-order valence-electron chi connectivity index (χ2n) is 4.85. The Kier molecular flexibility index (Phi) is 3.93. The molecule has 1 unspecified atom stereocenters. The van der Waals surface area contributed by atoms with E-state index < -0.39 is 5.97 Å². The van der Waals surface area contributed by atoms with E-state index in [2.05, 4.69) is 15.3 Å². The van der Waals surface area contributed by atoms with E-state index in [0.717, 1.165) is 48.1 Å². The molecule has 1 aliphatic heterocycles. The molecule has 8 heteroatoms. The maximum absolute atomic E-state index is 10.5. The molecule has 2 aromatic heterocycles. The normalized spacial score (nSPS) is 18.9. The van der Waals surface area contributed by atoms with Crippen LogP contribution in [0.2, 0.25) is 0 Å².